The van der Waals surface area contributed by atoms with Crippen molar-refractivity contribution in [2.75, 3.05) is 0 Å². The van der Waals surface area contributed by atoms with Crippen LogP contribution in [0.25, 0.3) is 10.4 Å². The van der Waals surface area contributed by atoms with E-state index < -0.39 is 0 Å². The molecule has 96 valence electrons. The van der Waals surface area contributed by atoms with Crippen LogP contribution in [0.15, 0.2) is 34.8 Å². The van der Waals surface area contributed by atoms with E-state index in [-0.39, 0.29) is 6.04 Å². The zero-order chi connectivity index (χ0) is 13.3. The fourth-order valence-corrected chi connectivity index (χ4v) is 3.24. The molecule has 0 fully saturated rings. The Morgan fingerprint density at radius 1 is 1.17 bits per heavy atom. The molecule has 0 amide bonds. The summed E-state index contributed by atoms with van der Waals surface area (Å²) in [6, 6.07) is 10.9. The van der Waals surface area contributed by atoms with E-state index in [0.29, 0.717) is 5.92 Å². The number of benzene rings is 1. The van der Waals surface area contributed by atoms with Gasteiger partial charge in [0.25, 0.3) is 0 Å². The molecule has 3 heteroatoms. The van der Waals surface area contributed by atoms with E-state index >= 15 is 0 Å². The van der Waals surface area contributed by atoms with Crippen molar-refractivity contribution in [3.63, 3.8) is 0 Å². The molecular formula is C15H18BrNS. The highest BCUT2D eigenvalue weighted by Gasteiger charge is 2.13. The largest absolute Gasteiger partial charge is 0.323 e. The molecule has 0 saturated carbocycles. The molecule has 0 radical (unpaired) electrons. The fraction of sp³-hybridized carbons (Fsp3) is 0.333. The molecule has 2 N–H and O–H groups in total. The first-order valence-corrected chi connectivity index (χ1v) is 7.72. The van der Waals surface area contributed by atoms with Gasteiger partial charge in [0, 0.05) is 20.3 Å². The first-order valence-electron chi connectivity index (χ1n) is 6.11. The van der Waals surface area contributed by atoms with E-state index in [1.165, 1.54) is 20.9 Å². The number of hydrogen-bond acceptors (Lipinski definition) is 2. The van der Waals surface area contributed by atoms with Crippen LogP contribution in [0.4, 0.5) is 0 Å². The van der Waals surface area contributed by atoms with Crippen molar-refractivity contribution in [3.8, 4) is 10.4 Å². The summed E-state index contributed by atoms with van der Waals surface area (Å²) in [6.45, 7) is 6.43. The molecule has 1 heterocycles. The lowest BCUT2D eigenvalue weighted by molar-refractivity contribution is 0.521. The number of aryl methyl sites for hydroxylation is 1. The van der Waals surface area contributed by atoms with Crippen LogP contribution in [-0.2, 0) is 0 Å². The van der Waals surface area contributed by atoms with E-state index in [1.54, 1.807) is 11.3 Å². The first-order chi connectivity index (χ1) is 8.49. The highest BCUT2D eigenvalue weighted by Crippen LogP contribution is 2.34. The van der Waals surface area contributed by atoms with Crippen LogP contribution >= 0.6 is 27.3 Å². The first kappa shape index (κ1) is 13.8. The molecular weight excluding hydrogens is 306 g/mol. The number of rotatable bonds is 3. The highest BCUT2D eigenvalue weighted by atomic mass is 79.9. The van der Waals surface area contributed by atoms with Gasteiger partial charge >= 0.3 is 0 Å². The molecule has 0 spiro atoms. The average Bonchev–Trinajstić information content (AvgIpc) is 2.81. The normalized spacial score (nSPS) is 13.0. The highest BCUT2D eigenvalue weighted by molar-refractivity contribution is 9.10. The van der Waals surface area contributed by atoms with E-state index in [9.17, 15) is 0 Å². The minimum atomic E-state index is 0.139. The van der Waals surface area contributed by atoms with E-state index in [1.807, 2.05) is 0 Å². The van der Waals surface area contributed by atoms with Crippen LogP contribution < -0.4 is 5.73 Å². The fourth-order valence-electron chi connectivity index (χ4n) is 1.81. The Kier molecular flexibility index (Phi) is 4.25. The van der Waals surface area contributed by atoms with Crippen molar-refractivity contribution in [2.45, 2.75) is 26.8 Å². The minimum absolute atomic E-state index is 0.139. The van der Waals surface area contributed by atoms with Crippen molar-refractivity contribution in [1.82, 2.24) is 0 Å². The standard InChI is InChI=1S/C15H18BrNS/c1-9(2)15(17)14-7-6-13(18-14)11-4-5-12(16)10(3)8-11/h4-9,15H,17H2,1-3H3. The van der Waals surface area contributed by atoms with Gasteiger partial charge in [0.1, 0.15) is 0 Å². The smallest absolute Gasteiger partial charge is 0.0413 e. The van der Waals surface area contributed by atoms with Crippen LogP contribution in [0.2, 0.25) is 0 Å². The third-order valence-corrected chi connectivity index (χ3v) is 5.24. The van der Waals surface area contributed by atoms with Gasteiger partial charge in [0.05, 0.1) is 0 Å². The summed E-state index contributed by atoms with van der Waals surface area (Å²) in [5.41, 5.74) is 8.71. The van der Waals surface area contributed by atoms with Crippen LogP contribution in [0.1, 0.15) is 30.3 Å². The number of nitrogens with two attached hydrogens (primary N) is 1. The topological polar surface area (TPSA) is 26.0 Å². The molecule has 1 aromatic heterocycles. The molecule has 1 aromatic carbocycles. The molecule has 2 aromatic rings. The maximum Gasteiger partial charge on any atom is 0.0413 e. The van der Waals surface area contributed by atoms with Gasteiger partial charge in [0.15, 0.2) is 0 Å². The summed E-state index contributed by atoms with van der Waals surface area (Å²) in [7, 11) is 0. The van der Waals surface area contributed by atoms with Crippen LogP contribution in [0.5, 0.6) is 0 Å². The number of thiophene rings is 1. The van der Waals surface area contributed by atoms with Gasteiger partial charge in [-0.3, -0.25) is 0 Å². The molecule has 1 atom stereocenters. The van der Waals surface area contributed by atoms with Crippen LogP contribution in [0.3, 0.4) is 0 Å². The molecule has 0 saturated heterocycles. The predicted octanol–water partition coefficient (Wildman–Crippen LogP) is 5.14. The molecule has 1 nitrogen and oxygen atoms in total. The summed E-state index contributed by atoms with van der Waals surface area (Å²) >= 11 is 5.33. The lowest BCUT2D eigenvalue weighted by atomic mass is 10.0. The third kappa shape index (κ3) is 2.85. The Bertz CT molecular complexity index is 545. The molecule has 0 aliphatic carbocycles. The van der Waals surface area contributed by atoms with Crippen molar-refractivity contribution < 1.29 is 0 Å². The summed E-state index contributed by atoms with van der Waals surface area (Å²) in [6.07, 6.45) is 0. The summed E-state index contributed by atoms with van der Waals surface area (Å²) in [5.74, 6) is 0.475. The number of halogens is 1. The second kappa shape index (κ2) is 5.55. The average molecular weight is 324 g/mol. The van der Waals surface area contributed by atoms with Crippen molar-refractivity contribution in [3.05, 3.63) is 45.2 Å². The zero-order valence-electron chi connectivity index (χ0n) is 10.9. The summed E-state index contributed by atoms with van der Waals surface area (Å²) in [5, 5.41) is 0. The Hall–Kier alpha value is -0.640. The monoisotopic (exact) mass is 323 g/mol. The van der Waals surface area contributed by atoms with E-state index in [4.69, 9.17) is 5.73 Å². The maximum atomic E-state index is 6.19. The van der Waals surface area contributed by atoms with Gasteiger partial charge in [-0.25, -0.2) is 0 Å². The molecule has 1 unspecified atom stereocenters. The summed E-state index contributed by atoms with van der Waals surface area (Å²) in [4.78, 5) is 2.55. The van der Waals surface area contributed by atoms with Crippen molar-refractivity contribution in [2.24, 2.45) is 11.7 Å². The van der Waals surface area contributed by atoms with Gasteiger partial charge < -0.3 is 5.73 Å². The lowest BCUT2D eigenvalue weighted by Gasteiger charge is -2.12. The van der Waals surface area contributed by atoms with E-state index in [0.717, 1.165) is 4.47 Å². The zero-order valence-corrected chi connectivity index (χ0v) is 13.3. The Labute approximate surface area is 121 Å². The minimum Gasteiger partial charge on any atom is -0.323 e. The second-order valence-corrected chi connectivity index (χ2v) is 6.91. The Morgan fingerprint density at radius 2 is 1.89 bits per heavy atom. The SMILES string of the molecule is Cc1cc(-c2ccc(C(N)C(C)C)s2)ccc1Br. The van der Waals surface area contributed by atoms with Crippen molar-refractivity contribution >= 4 is 27.3 Å². The maximum absolute atomic E-state index is 6.19. The Balaban J connectivity index is 2.32. The lowest BCUT2D eigenvalue weighted by Crippen LogP contribution is -2.14. The van der Waals surface area contributed by atoms with Gasteiger partial charge in [-0.15, -0.1) is 11.3 Å². The van der Waals surface area contributed by atoms with Gasteiger partial charge in [-0.2, -0.15) is 0 Å². The third-order valence-electron chi connectivity index (χ3n) is 3.12. The van der Waals surface area contributed by atoms with Crippen LogP contribution in [-0.4, -0.2) is 0 Å². The molecule has 0 aliphatic rings. The number of hydrogen-bond donors (Lipinski definition) is 1. The van der Waals surface area contributed by atoms with Gasteiger partial charge in [-0.1, -0.05) is 35.8 Å². The predicted molar refractivity (Wildman–Crippen MR) is 84.0 cm³/mol. The van der Waals surface area contributed by atoms with Crippen LogP contribution in [0, 0.1) is 12.8 Å². The second-order valence-electron chi connectivity index (χ2n) is 4.94. The molecule has 0 bridgehead atoms. The van der Waals surface area contributed by atoms with Gasteiger partial charge in [-0.05, 0) is 48.2 Å². The quantitative estimate of drug-likeness (QED) is 0.831. The molecule has 2 rings (SSSR count). The van der Waals surface area contributed by atoms with E-state index in [2.05, 4.69) is 67.0 Å². The molecule has 18 heavy (non-hydrogen) atoms. The van der Waals surface area contributed by atoms with Crippen molar-refractivity contribution in [1.29, 1.82) is 0 Å². The summed E-state index contributed by atoms with van der Waals surface area (Å²) < 4.78 is 1.15. The van der Waals surface area contributed by atoms with Gasteiger partial charge in [0.2, 0.25) is 0 Å². The Morgan fingerprint density at radius 3 is 2.50 bits per heavy atom. The molecule has 0 aliphatic heterocycles.